The summed E-state index contributed by atoms with van der Waals surface area (Å²) >= 11 is 7.61. The van der Waals surface area contributed by atoms with E-state index in [9.17, 15) is 14.9 Å². The molecule has 0 saturated carbocycles. The molecular formula is C21H21ClN4O3S. The van der Waals surface area contributed by atoms with Crippen LogP contribution in [-0.4, -0.2) is 27.8 Å². The van der Waals surface area contributed by atoms with Crippen LogP contribution in [-0.2, 0) is 24.3 Å². The van der Waals surface area contributed by atoms with E-state index in [1.807, 2.05) is 48.5 Å². The van der Waals surface area contributed by atoms with Crippen LogP contribution >= 0.6 is 22.9 Å². The smallest absolute Gasteiger partial charge is 0.269 e. The maximum atomic E-state index is 12.2. The fraction of sp³-hybridized carbons (Fsp3) is 0.238. The van der Waals surface area contributed by atoms with Gasteiger partial charge in [-0.25, -0.2) is 4.98 Å². The Morgan fingerprint density at radius 2 is 1.97 bits per heavy atom. The Morgan fingerprint density at radius 3 is 2.67 bits per heavy atom. The predicted octanol–water partition coefficient (Wildman–Crippen LogP) is 4.83. The molecule has 0 unspecified atom stereocenters. The lowest BCUT2D eigenvalue weighted by atomic mass is 10.2. The van der Waals surface area contributed by atoms with Crippen molar-refractivity contribution < 1.29 is 9.72 Å². The molecule has 1 N–H and O–H groups in total. The number of hydrogen-bond donors (Lipinski definition) is 1. The van der Waals surface area contributed by atoms with Crippen molar-refractivity contribution in [1.82, 2.24) is 9.88 Å². The number of halogens is 1. The first-order valence-corrected chi connectivity index (χ1v) is 10.5. The first-order chi connectivity index (χ1) is 14.3. The van der Waals surface area contributed by atoms with Gasteiger partial charge in [-0.1, -0.05) is 29.3 Å². The molecule has 3 rings (SSSR count). The molecule has 0 aliphatic heterocycles. The number of nitrogens with one attached hydrogen (secondary N) is 1. The molecule has 0 aliphatic rings. The summed E-state index contributed by atoms with van der Waals surface area (Å²) in [5.41, 5.74) is 3.42. The molecule has 0 saturated heterocycles. The molecule has 0 atom stereocenters. The van der Waals surface area contributed by atoms with E-state index in [-0.39, 0.29) is 18.0 Å². The molecule has 0 spiro atoms. The van der Waals surface area contributed by atoms with Crippen molar-refractivity contribution in [1.29, 1.82) is 0 Å². The minimum atomic E-state index is -0.436. The normalized spacial score (nSPS) is 10.9. The van der Waals surface area contributed by atoms with Gasteiger partial charge in [0.15, 0.2) is 0 Å². The summed E-state index contributed by atoms with van der Waals surface area (Å²) in [5.74, 6) is -0.114. The van der Waals surface area contributed by atoms with Crippen molar-refractivity contribution in [2.45, 2.75) is 26.4 Å². The number of hydrogen-bond acceptors (Lipinski definition) is 6. The van der Waals surface area contributed by atoms with Gasteiger partial charge in [-0.2, -0.15) is 0 Å². The molecule has 1 heterocycles. The SMILES string of the molecule is Cc1ccc(NC(=O)Cc2nc(CN(C)Cc3cc([N+](=O)[O-])ccc3Cl)cs2)cc1. The van der Waals surface area contributed by atoms with Crippen LogP contribution in [0.4, 0.5) is 11.4 Å². The lowest BCUT2D eigenvalue weighted by molar-refractivity contribution is -0.384. The highest BCUT2D eigenvalue weighted by Crippen LogP contribution is 2.24. The maximum absolute atomic E-state index is 12.2. The molecule has 30 heavy (non-hydrogen) atoms. The molecule has 156 valence electrons. The second-order valence-corrected chi connectivity index (χ2v) is 8.38. The van der Waals surface area contributed by atoms with Gasteiger partial charge in [0.25, 0.3) is 5.69 Å². The van der Waals surface area contributed by atoms with E-state index in [0.29, 0.717) is 23.7 Å². The standard InChI is InChI=1S/C21H21ClN4O3S/c1-14-3-5-16(6-4-14)23-20(27)10-21-24-17(13-30-21)12-25(2)11-15-9-18(26(28)29)7-8-19(15)22/h3-9,13H,10-12H2,1-2H3,(H,23,27). The van der Waals surface area contributed by atoms with Gasteiger partial charge >= 0.3 is 0 Å². The molecule has 0 bridgehead atoms. The quantitative estimate of drug-likeness (QED) is 0.397. The third-order valence-corrected chi connectivity index (χ3v) is 5.63. The predicted molar refractivity (Wildman–Crippen MR) is 119 cm³/mol. The summed E-state index contributed by atoms with van der Waals surface area (Å²) in [6.45, 7) is 2.98. The summed E-state index contributed by atoms with van der Waals surface area (Å²) in [5, 5.41) is 17.0. The third-order valence-electron chi connectivity index (χ3n) is 4.36. The lowest BCUT2D eigenvalue weighted by Crippen LogP contribution is -2.18. The van der Waals surface area contributed by atoms with Crippen LogP contribution < -0.4 is 5.32 Å². The molecule has 0 radical (unpaired) electrons. The van der Waals surface area contributed by atoms with Crippen LogP contribution in [0.15, 0.2) is 47.8 Å². The minimum Gasteiger partial charge on any atom is -0.326 e. The Balaban J connectivity index is 1.56. The number of non-ortho nitro benzene ring substituents is 1. The van der Waals surface area contributed by atoms with Crippen LogP contribution in [0.5, 0.6) is 0 Å². The Kier molecular flexibility index (Phi) is 7.15. The molecular weight excluding hydrogens is 424 g/mol. The lowest BCUT2D eigenvalue weighted by Gasteiger charge is -2.16. The molecule has 0 aliphatic carbocycles. The summed E-state index contributed by atoms with van der Waals surface area (Å²) < 4.78 is 0. The zero-order valence-electron chi connectivity index (χ0n) is 16.6. The van der Waals surface area contributed by atoms with Gasteiger partial charge in [0.05, 0.1) is 17.0 Å². The Morgan fingerprint density at radius 1 is 1.23 bits per heavy atom. The second-order valence-electron chi connectivity index (χ2n) is 7.03. The maximum Gasteiger partial charge on any atom is 0.269 e. The molecule has 1 aromatic heterocycles. The first kappa shape index (κ1) is 21.9. The van der Waals surface area contributed by atoms with E-state index in [4.69, 9.17) is 11.6 Å². The summed E-state index contributed by atoms with van der Waals surface area (Å²) in [4.78, 5) is 29.3. The van der Waals surface area contributed by atoms with E-state index in [2.05, 4.69) is 10.3 Å². The molecule has 7 nitrogen and oxygen atoms in total. The number of nitro groups is 1. The van der Waals surface area contributed by atoms with Gasteiger partial charge in [0.1, 0.15) is 5.01 Å². The molecule has 1 amide bonds. The molecule has 9 heteroatoms. The van der Waals surface area contributed by atoms with Crippen LogP contribution in [0, 0.1) is 17.0 Å². The largest absolute Gasteiger partial charge is 0.326 e. The number of nitrogens with zero attached hydrogens (tertiary/aromatic N) is 3. The Labute approximate surface area is 183 Å². The third kappa shape index (κ3) is 6.09. The van der Waals surface area contributed by atoms with Crippen LogP contribution in [0.3, 0.4) is 0 Å². The first-order valence-electron chi connectivity index (χ1n) is 9.21. The van der Waals surface area contributed by atoms with E-state index in [1.54, 1.807) is 0 Å². The highest BCUT2D eigenvalue weighted by Gasteiger charge is 2.13. The number of aryl methyl sites for hydroxylation is 1. The van der Waals surface area contributed by atoms with Crippen LogP contribution in [0.25, 0.3) is 0 Å². The van der Waals surface area contributed by atoms with E-state index in [0.717, 1.165) is 22.0 Å². The van der Waals surface area contributed by atoms with Crippen molar-refractivity contribution >= 4 is 40.2 Å². The van der Waals surface area contributed by atoms with Crippen molar-refractivity contribution in [3.05, 3.63) is 84.8 Å². The number of nitro benzene ring substituents is 1. The van der Waals surface area contributed by atoms with Gasteiger partial charge in [0, 0.05) is 41.3 Å². The van der Waals surface area contributed by atoms with Crippen molar-refractivity contribution in [2.75, 3.05) is 12.4 Å². The van der Waals surface area contributed by atoms with Crippen molar-refractivity contribution in [3.8, 4) is 0 Å². The average Bonchev–Trinajstić information content (AvgIpc) is 3.11. The summed E-state index contributed by atoms with van der Waals surface area (Å²) in [6, 6.07) is 12.0. The number of thiazole rings is 1. The monoisotopic (exact) mass is 444 g/mol. The Hall–Kier alpha value is -2.81. The number of anilines is 1. The zero-order valence-corrected chi connectivity index (χ0v) is 18.2. The molecule has 2 aromatic carbocycles. The van der Waals surface area contributed by atoms with Gasteiger partial charge < -0.3 is 5.32 Å². The Bertz CT molecular complexity index is 1050. The zero-order chi connectivity index (χ0) is 21.7. The number of carbonyl (C=O) groups is 1. The van der Waals surface area contributed by atoms with Crippen molar-refractivity contribution in [2.24, 2.45) is 0 Å². The fourth-order valence-corrected chi connectivity index (χ4v) is 3.86. The highest BCUT2D eigenvalue weighted by molar-refractivity contribution is 7.09. The minimum absolute atomic E-state index is 0.0123. The average molecular weight is 445 g/mol. The fourth-order valence-electron chi connectivity index (χ4n) is 2.90. The number of amides is 1. The van der Waals surface area contributed by atoms with E-state index >= 15 is 0 Å². The number of benzene rings is 2. The topological polar surface area (TPSA) is 88.4 Å². The number of rotatable bonds is 8. The number of aromatic nitrogens is 1. The van der Waals surface area contributed by atoms with Crippen LogP contribution in [0.1, 0.15) is 21.8 Å². The van der Waals surface area contributed by atoms with Gasteiger partial charge in [0.2, 0.25) is 5.91 Å². The molecule has 0 fully saturated rings. The van der Waals surface area contributed by atoms with Gasteiger partial charge in [-0.3, -0.25) is 19.8 Å². The highest BCUT2D eigenvalue weighted by atomic mass is 35.5. The van der Waals surface area contributed by atoms with E-state index in [1.165, 1.54) is 29.5 Å². The van der Waals surface area contributed by atoms with E-state index < -0.39 is 4.92 Å². The van der Waals surface area contributed by atoms with Crippen molar-refractivity contribution in [3.63, 3.8) is 0 Å². The van der Waals surface area contributed by atoms with Crippen LogP contribution in [0.2, 0.25) is 5.02 Å². The summed E-state index contributed by atoms with van der Waals surface area (Å²) in [6.07, 6.45) is 0.207. The second kappa shape index (κ2) is 9.80. The van der Waals surface area contributed by atoms with Gasteiger partial charge in [-0.05, 0) is 37.7 Å². The summed E-state index contributed by atoms with van der Waals surface area (Å²) in [7, 11) is 1.89. The molecule has 3 aromatic rings. The van der Waals surface area contributed by atoms with Gasteiger partial charge in [-0.15, -0.1) is 11.3 Å². The number of carbonyl (C=O) groups excluding carboxylic acids is 1.